The molecule has 1 N–H and O–H groups in total. The molecule has 2 heteroatoms. The average Bonchev–Trinajstić information content (AvgIpc) is 2.16. The molecule has 3 unspecified atom stereocenters. The fourth-order valence-corrected chi connectivity index (χ4v) is 3.58. The molecule has 2 rings (SSSR count). The van der Waals surface area contributed by atoms with E-state index in [1.54, 1.807) is 0 Å². The van der Waals surface area contributed by atoms with Gasteiger partial charge in [-0.25, -0.2) is 0 Å². The minimum atomic E-state index is 0.323. The Morgan fingerprint density at radius 2 is 1.80 bits per heavy atom. The third kappa shape index (κ3) is 2.53. The van der Waals surface area contributed by atoms with Crippen molar-refractivity contribution < 1.29 is 4.79 Å². The number of rotatable bonds is 1. The molecule has 0 aromatic carbocycles. The largest absolute Gasteiger partial charge is 0.356 e. The number of amides is 1. The van der Waals surface area contributed by atoms with Gasteiger partial charge in [-0.15, -0.1) is 0 Å². The predicted octanol–water partition coefficient (Wildman–Crippen LogP) is 2.58. The first-order valence-corrected chi connectivity index (χ1v) is 6.44. The monoisotopic (exact) mass is 209 g/mol. The summed E-state index contributed by atoms with van der Waals surface area (Å²) in [6.07, 6.45) is 6.18. The second-order valence-electron chi connectivity index (χ2n) is 5.72. The maximum absolute atomic E-state index is 11.8. The van der Waals surface area contributed by atoms with Crippen molar-refractivity contribution >= 4 is 5.91 Å². The summed E-state index contributed by atoms with van der Waals surface area (Å²) in [7, 11) is 0. The molecule has 1 heterocycles. The average molecular weight is 209 g/mol. The number of hydrogen-bond donors (Lipinski definition) is 1. The van der Waals surface area contributed by atoms with Crippen LogP contribution in [0.15, 0.2) is 0 Å². The molecule has 1 saturated heterocycles. The summed E-state index contributed by atoms with van der Waals surface area (Å²) in [5.41, 5.74) is 0. The normalized spacial score (nSPS) is 42.4. The van der Waals surface area contributed by atoms with Crippen LogP contribution in [0.2, 0.25) is 0 Å². The first-order chi connectivity index (χ1) is 7.16. The predicted molar refractivity (Wildman–Crippen MR) is 61.4 cm³/mol. The van der Waals surface area contributed by atoms with E-state index in [1.165, 1.54) is 25.7 Å². The third-order valence-electron chi connectivity index (χ3n) is 4.11. The summed E-state index contributed by atoms with van der Waals surface area (Å²) in [6.45, 7) is 5.57. The first kappa shape index (κ1) is 11.0. The topological polar surface area (TPSA) is 29.1 Å². The lowest BCUT2D eigenvalue weighted by Crippen LogP contribution is -2.42. The number of nitrogens with one attached hydrogen (secondary N) is 1. The Labute approximate surface area is 92.8 Å². The molecule has 1 saturated carbocycles. The molecule has 2 aliphatic rings. The maximum Gasteiger partial charge on any atom is 0.223 e. The molecule has 2 fully saturated rings. The summed E-state index contributed by atoms with van der Waals surface area (Å²) in [5.74, 6) is 2.93. The lowest BCUT2D eigenvalue weighted by Gasteiger charge is -2.37. The smallest absolute Gasteiger partial charge is 0.223 e. The van der Waals surface area contributed by atoms with Crippen LogP contribution in [-0.4, -0.2) is 12.5 Å². The highest BCUT2D eigenvalue weighted by molar-refractivity contribution is 5.79. The van der Waals surface area contributed by atoms with Gasteiger partial charge in [0.05, 0.1) is 0 Å². The van der Waals surface area contributed by atoms with E-state index >= 15 is 0 Å². The minimum absolute atomic E-state index is 0.323. The van der Waals surface area contributed by atoms with E-state index in [9.17, 15) is 4.79 Å². The summed E-state index contributed by atoms with van der Waals surface area (Å²) in [5, 5.41) is 3.02. The molecule has 1 aliphatic carbocycles. The fraction of sp³-hybridized carbons (Fsp3) is 0.923. The van der Waals surface area contributed by atoms with Gasteiger partial charge in [-0.05, 0) is 49.9 Å². The second-order valence-corrected chi connectivity index (χ2v) is 5.72. The van der Waals surface area contributed by atoms with Crippen LogP contribution in [0.25, 0.3) is 0 Å². The van der Waals surface area contributed by atoms with Crippen molar-refractivity contribution in [2.75, 3.05) is 6.54 Å². The van der Waals surface area contributed by atoms with Crippen LogP contribution in [0, 0.1) is 23.7 Å². The van der Waals surface area contributed by atoms with Gasteiger partial charge >= 0.3 is 0 Å². The third-order valence-corrected chi connectivity index (χ3v) is 4.11. The van der Waals surface area contributed by atoms with Crippen molar-refractivity contribution in [3.05, 3.63) is 0 Å². The Bertz CT molecular complexity index is 229. The van der Waals surface area contributed by atoms with Gasteiger partial charge in [0, 0.05) is 12.5 Å². The second kappa shape index (κ2) is 4.54. The molecular formula is C13H23NO. The van der Waals surface area contributed by atoms with Gasteiger partial charge in [-0.2, -0.15) is 0 Å². The molecule has 1 aliphatic heterocycles. The highest BCUT2D eigenvalue weighted by Crippen LogP contribution is 2.39. The summed E-state index contributed by atoms with van der Waals surface area (Å²) < 4.78 is 0. The zero-order valence-corrected chi connectivity index (χ0v) is 9.96. The van der Waals surface area contributed by atoms with Crippen LogP contribution in [0.3, 0.4) is 0 Å². The van der Waals surface area contributed by atoms with Crippen molar-refractivity contribution in [1.82, 2.24) is 5.32 Å². The van der Waals surface area contributed by atoms with E-state index in [0.29, 0.717) is 17.7 Å². The van der Waals surface area contributed by atoms with E-state index in [0.717, 1.165) is 24.8 Å². The number of hydrogen-bond acceptors (Lipinski definition) is 1. The van der Waals surface area contributed by atoms with E-state index < -0.39 is 0 Å². The van der Waals surface area contributed by atoms with Gasteiger partial charge in [0.25, 0.3) is 0 Å². The first-order valence-electron chi connectivity index (χ1n) is 6.44. The number of piperidine rings is 1. The van der Waals surface area contributed by atoms with Crippen molar-refractivity contribution in [2.45, 2.75) is 46.0 Å². The van der Waals surface area contributed by atoms with Crippen LogP contribution >= 0.6 is 0 Å². The lowest BCUT2D eigenvalue weighted by molar-refractivity contribution is -0.129. The molecule has 86 valence electrons. The van der Waals surface area contributed by atoms with E-state index in [4.69, 9.17) is 0 Å². The Balaban J connectivity index is 1.99. The Kier molecular flexibility index (Phi) is 3.32. The van der Waals surface area contributed by atoms with Crippen LogP contribution < -0.4 is 5.32 Å². The summed E-state index contributed by atoms with van der Waals surface area (Å²) in [4.78, 5) is 11.8. The quantitative estimate of drug-likeness (QED) is 0.706. The Morgan fingerprint density at radius 3 is 2.40 bits per heavy atom. The van der Waals surface area contributed by atoms with E-state index in [-0.39, 0.29) is 0 Å². The molecule has 15 heavy (non-hydrogen) atoms. The molecule has 0 radical (unpaired) electrons. The zero-order chi connectivity index (χ0) is 10.8. The maximum atomic E-state index is 11.8. The van der Waals surface area contributed by atoms with E-state index in [2.05, 4.69) is 19.2 Å². The zero-order valence-electron chi connectivity index (χ0n) is 9.96. The van der Waals surface area contributed by atoms with Crippen molar-refractivity contribution in [1.29, 1.82) is 0 Å². The molecule has 0 bridgehead atoms. The number of carbonyl (C=O) groups is 1. The molecule has 0 spiro atoms. The summed E-state index contributed by atoms with van der Waals surface area (Å²) >= 11 is 0. The molecule has 3 atom stereocenters. The van der Waals surface area contributed by atoms with Gasteiger partial charge in [-0.3, -0.25) is 4.79 Å². The van der Waals surface area contributed by atoms with Crippen molar-refractivity contribution in [3.63, 3.8) is 0 Å². The fourth-order valence-electron chi connectivity index (χ4n) is 3.58. The molecule has 1 amide bonds. The van der Waals surface area contributed by atoms with Gasteiger partial charge in [0.15, 0.2) is 0 Å². The van der Waals surface area contributed by atoms with Crippen molar-refractivity contribution in [2.24, 2.45) is 23.7 Å². The SMILES string of the molecule is CC1CC(C)CC(C2CCCNC2=O)C1. The summed E-state index contributed by atoms with van der Waals surface area (Å²) in [6, 6.07) is 0. The Morgan fingerprint density at radius 1 is 1.13 bits per heavy atom. The van der Waals surface area contributed by atoms with Gasteiger partial charge in [0.2, 0.25) is 5.91 Å². The van der Waals surface area contributed by atoms with Crippen LogP contribution in [0.1, 0.15) is 46.0 Å². The molecule has 0 aromatic rings. The lowest BCUT2D eigenvalue weighted by atomic mass is 9.69. The van der Waals surface area contributed by atoms with Gasteiger partial charge in [0.1, 0.15) is 0 Å². The van der Waals surface area contributed by atoms with Crippen LogP contribution in [-0.2, 0) is 4.79 Å². The highest BCUT2D eigenvalue weighted by atomic mass is 16.1. The van der Waals surface area contributed by atoms with Crippen LogP contribution in [0.5, 0.6) is 0 Å². The molecule has 2 nitrogen and oxygen atoms in total. The highest BCUT2D eigenvalue weighted by Gasteiger charge is 2.34. The van der Waals surface area contributed by atoms with Gasteiger partial charge in [-0.1, -0.05) is 13.8 Å². The molecular weight excluding hydrogens is 186 g/mol. The standard InChI is InChI=1S/C13H23NO/c1-9-6-10(2)8-11(7-9)12-4-3-5-14-13(12)15/h9-12H,3-8H2,1-2H3,(H,14,15). The van der Waals surface area contributed by atoms with Gasteiger partial charge < -0.3 is 5.32 Å². The molecule has 0 aromatic heterocycles. The van der Waals surface area contributed by atoms with E-state index in [1.807, 2.05) is 0 Å². The minimum Gasteiger partial charge on any atom is -0.356 e. The van der Waals surface area contributed by atoms with Crippen LogP contribution in [0.4, 0.5) is 0 Å². The number of carbonyl (C=O) groups excluding carboxylic acids is 1. The Hall–Kier alpha value is -0.530. The van der Waals surface area contributed by atoms with Crippen molar-refractivity contribution in [3.8, 4) is 0 Å².